The average Bonchev–Trinajstić information content (AvgIpc) is 2.97. The van der Waals surface area contributed by atoms with Crippen LogP contribution in [0.1, 0.15) is 17.7 Å². The third-order valence-electron chi connectivity index (χ3n) is 3.08. The van der Waals surface area contributed by atoms with Gasteiger partial charge in [-0.25, -0.2) is 0 Å². The first-order valence-corrected chi connectivity index (χ1v) is 7.20. The first-order chi connectivity index (χ1) is 10.0. The van der Waals surface area contributed by atoms with Crippen molar-refractivity contribution in [3.8, 4) is 5.75 Å². The Balaban J connectivity index is 2.22. The predicted molar refractivity (Wildman–Crippen MR) is 80.8 cm³/mol. The summed E-state index contributed by atoms with van der Waals surface area (Å²) in [4.78, 5) is 11.4. The van der Waals surface area contributed by atoms with E-state index in [1.807, 2.05) is 24.4 Å². The molecular weight excluding hydrogens is 295 g/mol. The number of thiophene rings is 1. The Bertz CT molecular complexity index is 631. The van der Waals surface area contributed by atoms with Crippen molar-refractivity contribution >= 4 is 22.7 Å². The lowest BCUT2D eigenvalue weighted by Crippen LogP contribution is -2.11. The molecule has 0 amide bonds. The Morgan fingerprint density at radius 2 is 2.29 bits per heavy atom. The van der Waals surface area contributed by atoms with Crippen LogP contribution < -0.4 is 10.1 Å². The number of halogens is 1. The zero-order valence-corrected chi connectivity index (χ0v) is 12.4. The lowest BCUT2D eigenvalue weighted by Gasteiger charge is -2.13. The molecule has 0 aliphatic rings. The number of hydrogen-bond donors (Lipinski definition) is 1. The molecule has 21 heavy (non-hydrogen) atoms. The van der Waals surface area contributed by atoms with Crippen LogP contribution in [-0.2, 0) is 0 Å². The summed E-state index contributed by atoms with van der Waals surface area (Å²) in [6.07, 6.45) is 0. The molecule has 1 atom stereocenters. The van der Waals surface area contributed by atoms with Crippen LogP contribution in [0, 0.1) is 15.9 Å². The summed E-state index contributed by atoms with van der Waals surface area (Å²) in [7, 11) is 1.39. The second kappa shape index (κ2) is 6.53. The summed E-state index contributed by atoms with van der Waals surface area (Å²) in [5.74, 6) is -0.506. The van der Waals surface area contributed by atoms with Crippen molar-refractivity contribution in [1.82, 2.24) is 0 Å². The fourth-order valence-electron chi connectivity index (χ4n) is 1.95. The van der Waals surface area contributed by atoms with Crippen molar-refractivity contribution in [1.29, 1.82) is 0 Å². The summed E-state index contributed by atoms with van der Waals surface area (Å²) in [6.45, 7) is 2.47. The van der Waals surface area contributed by atoms with Gasteiger partial charge in [-0.15, -0.1) is 11.3 Å². The predicted octanol–water partition coefficient (Wildman–Crippen LogP) is 4.02. The van der Waals surface area contributed by atoms with Gasteiger partial charge in [0.1, 0.15) is 11.4 Å². The number of methoxy groups -OCH3 is 1. The number of hydrogen-bond acceptors (Lipinski definition) is 5. The van der Waals surface area contributed by atoms with Crippen LogP contribution in [0.4, 0.5) is 15.8 Å². The first kappa shape index (κ1) is 15.2. The van der Waals surface area contributed by atoms with E-state index in [1.54, 1.807) is 11.3 Å². The van der Waals surface area contributed by atoms with E-state index in [2.05, 4.69) is 5.32 Å². The van der Waals surface area contributed by atoms with E-state index in [-0.39, 0.29) is 17.4 Å². The Labute approximate surface area is 125 Å². The van der Waals surface area contributed by atoms with Gasteiger partial charge in [-0.05, 0) is 11.4 Å². The molecule has 7 heteroatoms. The Hall–Kier alpha value is -2.15. The van der Waals surface area contributed by atoms with Crippen LogP contribution in [0.2, 0.25) is 0 Å². The van der Waals surface area contributed by atoms with Crippen LogP contribution >= 0.6 is 11.3 Å². The van der Waals surface area contributed by atoms with Crippen molar-refractivity contribution < 1.29 is 14.1 Å². The van der Waals surface area contributed by atoms with E-state index >= 15 is 0 Å². The summed E-state index contributed by atoms with van der Waals surface area (Å²) in [5, 5.41) is 15.9. The summed E-state index contributed by atoms with van der Waals surface area (Å²) in [5.41, 5.74) is -0.436. The van der Waals surface area contributed by atoms with Crippen LogP contribution in [0.5, 0.6) is 5.75 Å². The topological polar surface area (TPSA) is 64.4 Å². The molecule has 1 aromatic carbocycles. The lowest BCUT2D eigenvalue weighted by molar-refractivity contribution is -0.386. The zero-order valence-electron chi connectivity index (χ0n) is 11.6. The van der Waals surface area contributed by atoms with E-state index < -0.39 is 16.4 Å². The molecule has 2 aromatic rings. The molecule has 1 N–H and O–H groups in total. The largest absolute Gasteiger partial charge is 0.497 e. The Kier molecular flexibility index (Phi) is 4.74. The number of anilines is 1. The minimum absolute atomic E-state index is 0.125. The molecular formula is C14H15FN2O3S. The number of nitro groups is 1. The Morgan fingerprint density at radius 1 is 1.52 bits per heavy atom. The number of benzene rings is 1. The zero-order chi connectivity index (χ0) is 15.4. The Morgan fingerprint density at radius 3 is 2.86 bits per heavy atom. The molecule has 2 rings (SSSR count). The summed E-state index contributed by atoms with van der Waals surface area (Å²) in [6, 6.07) is 6.39. The number of rotatable bonds is 6. The van der Waals surface area contributed by atoms with Crippen LogP contribution in [0.15, 0.2) is 29.6 Å². The highest BCUT2D eigenvalue weighted by molar-refractivity contribution is 7.10. The van der Waals surface area contributed by atoms with Crippen molar-refractivity contribution in [3.05, 3.63) is 50.5 Å². The molecule has 0 radical (unpaired) electrons. The van der Waals surface area contributed by atoms with Gasteiger partial charge in [-0.1, -0.05) is 13.0 Å². The smallest absolute Gasteiger partial charge is 0.327 e. The highest BCUT2D eigenvalue weighted by Gasteiger charge is 2.22. The molecule has 0 aliphatic heterocycles. The number of nitrogens with one attached hydrogen (secondary N) is 1. The van der Waals surface area contributed by atoms with Gasteiger partial charge in [0, 0.05) is 29.5 Å². The number of ether oxygens (including phenoxy) is 1. The standard InChI is InChI=1S/C14H15FN2O3S/c1-9(13-4-3-5-21-13)8-16-12-7-10(20-2)6-11(15)14(12)17(18)19/h3-7,9,16H,8H2,1-2H3. The monoisotopic (exact) mass is 310 g/mol. The second-order valence-electron chi connectivity index (χ2n) is 4.56. The van der Waals surface area contributed by atoms with Gasteiger partial charge in [0.05, 0.1) is 12.0 Å². The quantitative estimate of drug-likeness (QED) is 0.646. The molecule has 0 spiro atoms. The van der Waals surface area contributed by atoms with E-state index in [4.69, 9.17) is 4.74 Å². The molecule has 1 heterocycles. The number of nitro benzene ring substituents is 1. The third-order valence-corrected chi connectivity index (χ3v) is 4.19. The SMILES string of the molecule is COc1cc(F)c([N+](=O)[O-])c(NCC(C)c2cccs2)c1. The van der Waals surface area contributed by atoms with E-state index in [1.165, 1.54) is 13.2 Å². The van der Waals surface area contributed by atoms with Crippen molar-refractivity contribution in [3.63, 3.8) is 0 Å². The van der Waals surface area contributed by atoms with Gasteiger partial charge in [-0.2, -0.15) is 4.39 Å². The highest BCUT2D eigenvalue weighted by Crippen LogP contribution is 2.33. The molecule has 112 valence electrons. The van der Waals surface area contributed by atoms with E-state index in [0.717, 1.165) is 10.9 Å². The van der Waals surface area contributed by atoms with Crippen LogP contribution in [0.25, 0.3) is 0 Å². The van der Waals surface area contributed by atoms with Gasteiger partial charge in [0.15, 0.2) is 0 Å². The van der Waals surface area contributed by atoms with E-state index in [9.17, 15) is 14.5 Å². The fraction of sp³-hybridized carbons (Fsp3) is 0.286. The summed E-state index contributed by atoms with van der Waals surface area (Å²) >= 11 is 1.61. The first-order valence-electron chi connectivity index (χ1n) is 6.32. The maximum absolute atomic E-state index is 13.8. The molecule has 1 aromatic heterocycles. The molecule has 0 fully saturated rings. The molecule has 0 aliphatic carbocycles. The average molecular weight is 310 g/mol. The minimum Gasteiger partial charge on any atom is -0.497 e. The molecule has 0 bridgehead atoms. The van der Waals surface area contributed by atoms with Gasteiger partial charge in [0.25, 0.3) is 0 Å². The van der Waals surface area contributed by atoms with Gasteiger partial charge < -0.3 is 10.1 Å². The van der Waals surface area contributed by atoms with Crippen LogP contribution in [-0.4, -0.2) is 18.6 Å². The maximum atomic E-state index is 13.8. The fourth-order valence-corrected chi connectivity index (χ4v) is 2.73. The van der Waals surface area contributed by atoms with Gasteiger partial charge >= 0.3 is 5.69 Å². The minimum atomic E-state index is -0.911. The van der Waals surface area contributed by atoms with Crippen molar-refractivity contribution in [2.24, 2.45) is 0 Å². The number of nitrogens with zero attached hydrogens (tertiary/aromatic N) is 1. The molecule has 1 unspecified atom stereocenters. The second-order valence-corrected chi connectivity index (χ2v) is 5.54. The van der Waals surface area contributed by atoms with Crippen molar-refractivity contribution in [2.45, 2.75) is 12.8 Å². The summed E-state index contributed by atoms with van der Waals surface area (Å²) < 4.78 is 18.7. The third kappa shape index (κ3) is 3.49. The molecule has 0 saturated carbocycles. The lowest BCUT2D eigenvalue weighted by atomic mass is 10.1. The molecule has 5 nitrogen and oxygen atoms in total. The highest BCUT2D eigenvalue weighted by atomic mass is 32.1. The van der Waals surface area contributed by atoms with Gasteiger partial charge in [0.2, 0.25) is 5.82 Å². The van der Waals surface area contributed by atoms with Crippen molar-refractivity contribution in [2.75, 3.05) is 19.0 Å². The normalized spacial score (nSPS) is 12.0. The van der Waals surface area contributed by atoms with Crippen LogP contribution in [0.3, 0.4) is 0 Å². The molecule has 0 saturated heterocycles. The van der Waals surface area contributed by atoms with Gasteiger partial charge in [-0.3, -0.25) is 10.1 Å². The maximum Gasteiger partial charge on any atom is 0.327 e. The van der Waals surface area contributed by atoms with E-state index in [0.29, 0.717) is 6.54 Å².